The van der Waals surface area contributed by atoms with E-state index in [2.05, 4.69) is 6.92 Å². The summed E-state index contributed by atoms with van der Waals surface area (Å²) in [6.07, 6.45) is 1.48. The Hall–Kier alpha value is -2.13. The van der Waals surface area contributed by atoms with Crippen molar-refractivity contribution in [2.75, 3.05) is 13.2 Å². The maximum atomic E-state index is 12.1. The van der Waals surface area contributed by atoms with Crippen LogP contribution in [0.5, 0.6) is 5.75 Å². The van der Waals surface area contributed by atoms with E-state index in [9.17, 15) is 4.79 Å². The van der Waals surface area contributed by atoms with E-state index in [1.165, 1.54) is 5.56 Å². The highest BCUT2D eigenvalue weighted by Crippen LogP contribution is 2.18. The fourth-order valence-electron chi connectivity index (χ4n) is 2.12. The van der Waals surface area contributed by atoms with E-state index in [1.807, 2.05) is 48.5 Å². The van der Waals surface area contributed by atoms with Gasteiger partial charge in [-0.25, -0.2) is 0 Å². The highest BCUT2D eigenvalue weighted by molar-refractivity contribution is 5.97. The molecule has 0 aliphatic rings. The van der Waals surface area contributed by atoms with Gasteiger partial charge >= 0.3 is 0 Å². The Bertz CT molecular complexity index is 588. The largest absolute Gasteiger partial charge is 0.485 e. The SMILES string of the molecule is CCc1ccc(C(=O)COc2ccccc2CCO)cc1. The van der Waals surface area contributed by atoms with Crippen molar-refractivity contribution in [1.29, 1.82) is 0 Å². The van der Waals surface area contributed by atoms with Crippen molar-refractivity contribution in [3.8, 4) is 5.75 Å². The van der Waals surface area contributed by atoms with Crippen LogP contribution in [0, 0.1) is 0 Å². The zero-order valence-electron chi connectivity index (χ0n) is 12.2. The van der Waals surface area contributed by atoms with Crippen molar-refractivity contribution in [1.82, 2.24) is 0 Å². The molecule has 0 saturated carbocycles. The molecule has 110 valence electrons. The van der Waals surface area contributed by atoms with E-state index >= 15 is 0 Å². The van der Waals surface area contributed by atoms with Gasteiger partial charge in [0.2, 0.25) is 0 Å². The minimum atomic E-state index is -0.0449. The maximum Gasteiger partial charge on any atom is 0.200 e. The molecule has 0 aromatic heterocycles. The lowest BCUT2D eigenvalue weighted by atomic mass is 10.1. The van der Waals surface area contributed by atoms with Crippen LogP contribution in [-0.4, -0.2) is 24.1 Å². The third kappa shape index (κ3) is 4.17. The first-order valence-electron chi connectivity index (χ1n) is 7.18. The summed E-state index contributed by atoms with van der Waals surface area (Å²) in [5, 5.41) is 9.03. The second kappa shape index (κ2) is 7.60. The maximum absolute atomic E-state index is 12.1. The number of benzene rings is 2. The monoisotopic (exact) mass is 284 g/mol. The molecule has 2 rings (SSSR count). The number of carbonyl (C=O) groups excluding carboxylic acids is 1. The van der Waals surface area contributed by atoms with Gasteiger partial charge in [-0.15, -0.1) is 0 Å². The van der Waals surface area contributed by atoms with Crippen molar-refractivity contribution in [2.45, 2.75) is 19.8 Å². The number of carbonyl (C=O) groups is 1. The number of ether oxygens (including phenoxy) is 1. The Balaban J connectivity index is 2.00. The molecular formula is C18H20O3. The molecule has 2 aromatic carbocycles. The van der Waals surface area contributed by atoms with Crippen LogP contribution in [0.25, 0.3) is 0 Å². The number of rotatable bonds is 7. The molecule has 0 aliphatic heterocycles. The predicted molar refractivity (Wildman–Crippen MR) is 82.9 cm³/mol. The predicted octanol–water partition coefficient (Wildman–Crippen LogP) is 3.05. The van der Waals surface area contributed by atoms with Crippen LogP contribution in [0.15, 0.2) is 48.5 Å². The van der Waals surface area contributed by atoms with Gasteiger partial charge in [-0.3, -0.25) is 4.79 Å². The number of ketones is 1. The summed E-state index contributed by atoms with van der Waals surface area (Å²) < 4.78 is 5.60. The van der Waals surface area contributed by atoms with Crippen LogP contribution in [-0.2, 0) is 12.8 Å². The van der Waals surface area contributed by atoms with Crippen molar-refractivity contribution in [2.24, 2.45) is 0 Å². The van der Waals surface area contributed by atoms with E-state index in [-0.39, 0.29) is 19.0 Å². The Morgan fingerprint density at radius 1 is 1.10 bits per heavy atom. The third-order valence-corrected chi connectivity index (χ3v) is 3.40. The van der Waals surface area contributed by atoms with Crippen molar-refractivity contribution < 1.29 is 14.6 Å². The first-order chi connectivity index (χ1) is 10.2. The van der Waals surface area contributed by atoms with Crippen LogP contribution in [0.2, 0.25) is 0 Å². The molecule has 0 radical (unpaired) electrons. The molecule has 0 bridgehead atoms. The number of aliphatic hydroxyl groups is 1. The van der Waals surface area contributed by atoms with Gasteiger partial charge in [0.25, 0.3) is 0 Å². The lowest BCUT2D eigenvalue weighted by molar-refractivity contribution is 0.0921. The van der Waals surface area contributed by atoms with Crippen LogP contribution in [0.3, 0.4) is 0 Å². The first-order valence-corrected chi connectivity index (χ1v) is 7.18. The number of aliphatic hydroxyl groups excluding tert-OH is 1. The smallest absolute Gasteiger partial charge is 0.200 e. The molecule has 3 nitrogen and oxygen atoms in total. The normalized spacial score (nSPS) is 10.4. The highest BCUT2D eigenvalue weighted by Gasteiger charge is 2.08. The van der Waals surface area contributed by atoms with Crippen molar-refractivity contribution in [3.63, 3.8) is 0 Å². The lowest BCUT2D eigenvalue weighted by Crippen LogP contribution is -2.12. The summed E-state index contributed by atoms with van der Waals surface area (Å²) in [5.74, 6) is 0.613. The molecular weight excluding hydrogens is 264 g/mol. The summed E-state index contributed by atoms with van der Waals surface area (Å²) in [4.78, 5) is 12.1. The van der Waals surface area contributed by atoms with E-state index in [1.54, 1.807) is 0 Å². The molecule has 0 unspecified atom stereocenters. The number of aryl methyl sites for hydroxylation is 1. The van der Waals surface area contributed by atoms with Crippen LogP contribution in [0.1, 0.15) is 28.4 Å². The van der Waals surface area contributed by atoms with Crippen molar-refractivity contribution in [3.05, 3.63) is 65.2 Å². The Labute approximate surface area is 125 Å². The third-order valence-electron chi connectivity index (χ3n) is 3.40. The van der Waals surface area contributed by atoms with Gasteiger partial charge in [0.1, 0.15) is 5.75 Å². The second-order valence-electron chi connectivity index (χ2n) is 4.84. The zero-order valence-corrected chi connectivity index (χ0v) is 12.2. The summed E-state index contributed by atoms with van der Waals surface area (Å²) in [6.45, 7) is 2.15. The molecule has 3 heteroatoms. The minimum Gasteiger partial charge on any atom is -0.485 e. The number of hydrogen-bond acceptors (Lipinski definition) is 3. The average Bonchev–Trinajstić information content (AvgIpc) is 2.54. The van der Waals surface area contributed by atoms with Gasteiger partial charge in [0.05, 0.1) is 0 Å². The van der Waals surface area contributed by atoms with Gasteiger partial charge < -0.3 is 9.84 Å². The van der Waals surface area contributed by atoms with E-state index in [0.717, 1.165) is 12.0 Å². The highest BCUT2D eigenvalue weighted by atomic mass is 16.5. The van der Waals surface area contributed by atoms with E-state index in [4.69, 9.17) is 9.84 Å². The Morgan fingerprint density at radius 2 is 1.81 bits per heavy atom. The van der Waals surface area contributed by atoms with Crippen LogP contribution >= 0.6 is 0 Å². The topological polar surface area (TPSA) is 46.5 Å². The summed E-state index contributed by atoms with van der Waals surface area (Å²) >= 11 is 0. The first kappa shape index (κ1) is 15.3. The van der Waals surface area contributed by atoms with E-state index in [0.29, 0.717) is 17.7 Å². The molecule has 0 fully saturated rings. The number of hydrogen-bond donors (Lipinski definition) is 1. The summed E-state index contributed by atoms with van der Waals surface area (Å²) in [5.41, 5.74) is 2.78. The lowest BCUT2D eigenvalue weighted by Gasteiger charge is -2.10. The molecule has 0 spiro atoms. The fourth-order valence-corrected chi connectivity index (χ4v) is 2.12. The molecule has 0 saturated heterocycles. The Morgan fingerprint density at radius 3 is 2.48 bits per heavy atom. The Kier molecular flexibility index (Phi) is 5.52. The average molecular weight is 284 g/mol. The van der Waals surface area contributed by atoms with Gasteiger partial charge in [-0.1, -0.05) is 49.4 Å². The molecule has 0 atom stereocenters. The standard InChI is InChI=1S/C18H20O3/c1-2-14-7-9-15(10-8-14)17(20)13-21-18-6-4-3-5-16(18)11-12-19/h3-10,19H,2,11-13H2,1H3. The zero-order chi connectivity index (χ0) is 15.1. The molecule has 0 heterocycles. The molecule has 0 aliphatic carbocycles. The van der Waals surface area contributed by atoms with Crippen molar-refractivity contribution >= 4 is 5.78 Å². The number of para-hydroxylation sites is 1. The molecule has 21 heavy (non-hydrogen) atoms. The van der Waals surface area contributed by atoms with Gasteiger partial charge in [-0.05, 0) is 30.0 Å². The van der Waals surface area contributed by atoms with Crippen LogP contribution in [0.4, 0.5) is 0 Å². The van der Waals surface area contributed by atoms with Gasteiger partial charge in [0, 0.05) is 12.2 Å². The quantitative estimate of drug-likeness (QED) is 0.795. The second-order valence-corrected chi connectivity index (χ2v) is 4.84. The van der Waals surface area contributed by atoms with Gasteiger partial charge in [-0.2, -0.15) is 0 Å². The minimum absolute atomic E-state index is 0.00785. The molecule has 1 N–H and O–H groups in total. The van der Waals surface area contributed by atoms with Gasteiger partial charge in [0.15, 0.2) is 12.4 Å². The molecule has 2 aromatic rings. The molecule has 0 amide bonds. The fraction of sp³-hybridized carbons (Fsp3) is 0.278. The van der Waals surface area contributed by atoms with E-state index < -0.39 is 0 Å². The van der Waals surface area contributed by atoms with Crippen LogP contribution < -0.4 is 4.74 Å². The summed E-state index contributed by atoms with van der Waals surface area (Å²) in [7, 11) is 0. The number of Topliss-reactive ketones (excluding diaryl/α,β-unsaturated/α-hetero) is 1. The summed E-state index contributed by atoms with van der Waals surface area (Å²) in [6, 6.07) is 15.1.